The summed E-state index contributed by atoms with van der Waals surface area (Å²) >= 11 is 0. The SMILES string of the molecule is O=C(NC1CCOC1C1CC1)c1cccc2cc[nH]c12. The number of fused-ring (bicyclic) bond motifs is 1. The van der Waals surface area contributed by atoms with E-state index in [2.05, 4.69) is 10.3 Å². The number of para-hydroxylation sites is 1. The summed E-state index contributed by atoms with van der Waals surface area (Å²) in [7, 11) is 0. The number of carbonyl (C=O) groups is 1. The maximum Gasteiger partial charge on any atom is 0.253 e. The van der Waals surface area contributed by atoms with Crippen molar-refractivity contribution in [3.05, 3.63) is 36.0 Å². The van der Waals surface area contributed by atoms with Crippen molar-refractivity contribution in [3.63, 3.8) is 0 Å². The van der Waals surface area contributed by atoms with Crippen molar-refractivity contribution in [1.82, 2.24) is 10.3 Å². The number of rotatable bonds is 3. The lowest BCUT2D eigenvalue weighted by Gasteiger charge is -2.19. The summed E-state index contributed by atoms with van der Waals surface area (Å²) < 4.78 is 5.78. The lowest BCUT2D eigenvalue weighted by molar-refractivity contribution is 0.0730. The molecule has 2 heterocycles. The van der Waals surface area contributed by atoms with E-state index in [-0.39, 0.29) is 18.1 Å². The number of hydrogen-bond donors (Lipinski definition) is 2. The number of hydrogen-bond acceptors (Lipinski definition) is 2. The maximum atomic E-state index is 12.5. The number of nitrogens with one attached hydrogen (secondary N) is 2. The van der Waals surface area contributed by atoms with Gasteiger partial charge in [-0.3, -0.25) is 4.79 Å². The van der Waals surface area contributed by atoms with Crippen molar-refractivity contribution in [3.8, 4) is 0 Å². The molecule has 1 saturated carbocycles. The molecule has 0 spiro atoms. The summed E-state index contributed by atoms with van der Waals surface area (Å²) in [4.78, 5) is 15.7. The first-order chi connectivity index (χ1) is 9.83. The second-order valence-corrected chi connectivity index (χ2v) is 5.79. The molecule has 1 aromatic heterocycles. The predicted octanol–water partition coefficient (Wildman–Crippen LogP) is 2.47. The summed E-state index contributed by atoms with van der Waals surface area (Å²) in [5.74, 6) is 0.656. The molecule has 104 valence electrons. The van der Waals surface area contributed by atoms with Crippen LogP contribution in [0.3, 0.4) is 0 Å². The molecule has 1 aliphatic heterocycles. The average Bonchev–Trinajstić information content (AvgIpc) is 3.00. The molecule has 2 unspecified atom stereocenters. The minimum absolute atomic E-state index is 0.000741. The minimum atomic E-state index is -0.000741. The molecule has 4 heteroatoms. The van der Waals surface area contributed by atoms with Gasteiger partial charge in [0.25, 0.3) is 5.91 Å². The highest BCUT2D eigenvalue weighted by molar-refractivity contribution is 6.05. The molecule has 4 rings (SSSR count). The summed E-state index contributed by atoms with van der Waals surface area (Å²) in [5, 5.41) is 4.23. The molecule has 2 atom stereocenters. The van der Waals surface area contributed by atoms with Gasteiger partial charge in [0.15, 0.2) is 0 Å². The zero-order valence-corrected chi connectivity index (χ0v) is 11.3. The van der Waals surface area contributed by atoms with Crippen LogP contribution in [0.25, 0.3) is 10.9 Å². The van der Waals surface area contributed by atoms with Crippen molar-refractivity contribution in [2.75, 3.05) is 6.61 Å². The molecule has 1 aliphatic carbocycles. The van der Waals surface area contributed by atoms with E-state index in [1.54, 1.807) is 0 Å². The zero-order valence-electron chi connectivity index (χ0n) is 11.3. The third kappa shape index (κ3) is 2.00. The number of H-pyrrole nitrogens is 1. The summed E-state index contributed by atoms with van der Waals surface area (Å²) in [6.07, 6.45) is 5.49. The van der Waals surface area contributed by atoms with E-state index in [1.807, 2.05) is 30.5 Å². The largest absolute Gasteiger partial charge is 0.376 e. The highest BCUT2D eigenvalue weighted by Crippen LogP contribution is 2.38. The topological polar surface area (TPSA) is 54.1 Å². The fourth-order valence-electron chi connectivity index (χ4n) is 3.18. The Kier molecular flexibility index (Phi) is 2.77. The normalized spacial score (nSPS) is 26.0. The molecule has 2 fully saturated rings. The van der Waals surface area contributed by atoms with Gasteiger partial charge < -0.3 is 15.0 Å². The van der Waals surface area contributed by atoms with Gasteiger partial charge in [-0.05, 0) is 37.3 Å². The molecular formula is C16H18N2O2. The van der Waals surface area contributed by atoms with Crippen LogP contribution in [0.15, 0.2) is 30.5 Å². The van der Waals surface area contributed by atoms with Crippen LogP contribution in [0.2, 0.25) is 0 Å². The summed E-state index contributed by atoms with van der Waals surface area (Å²) in [5.41, 5.74) is 1.63. The van der Waals surface area contributed by atoms with E-state index >= 15 is 0 Å². The molecule has 0 radical (unpaired) electrons. The Hall–Kier alpha value is -1.81. The van der Waals surface area contributed by atoms with E-state index in [4.69, 9.17) is 4.74 Å². The molecule has 20 heavy (non-hydrogen) atoms. The Bertz CT molecular complexity index is 645. The summed E-state index contributed by atoms with van der Waals surface area (Å²) in [6.45, 7) is 0.763. The van der Waals surface area contributed by atoms with E-state index in [0.717, 1.165) is 23.9 Å². The number of benzene rings is 1. The standard InChI is InChI=1S/C16H18N2O2/c19-16(12-3-1-2-10-6-8-17-14(10)12)18-13-7-9-20-15(13)11-4-5-11/h1-3,6,8,11,13,15,17H,4-5,7,9H2,(H,18,19). The molecule has 1 saturated heterocycles. The number of amides is 1. The number of ether oxygens (including phenoxy) is 1. The van der Waals surface area contributed by atoms with E-state index < -0.39 is 0 Å². The Morgan fingerprint density at radius 2 is 2.15 bits per heavy atom. The minimum Gasteiger partial charge on any atom is -0.376 e. The quantitative estimate of drug-likeness (QED) is 0.900. The predicted molar refractivity (Wildman–Crippen MR) is 76.6 cm³/mol. The first-order valence-electron chi connectivity index (χ1n) is 7.31. The van der Waals surface area contributed by atoms with E-state index in [9.17, 15) is 4.79 Å². The van der Waals surface area contributed by atoms with Gasteiger partial charge in [-0.25, -0.2) is 0 Å². The average molecular weight is 270 g/mol. The third-order valence-corrected chi connectivity index (χ3v) is 4.37. The Balaban J connectivity index is 1.56. The monoisotopic (exact) mass is 270 g/mol. The van der Waals surface area contributed by atoms with Crippen LogP contribution in [0.4, 0.5) is 0 Å². The van der Waals surface area contributed by atoms with Crippen molar-refractivity contribution < 1.29 is 9.53 Å². The highest BCUT2D eigenvalue weighted by atomic mass is 16.5. The Morgan fingerprint density at radius 1 is 1.25 bits per heavy atom. The molecule has 1 amide bonds. The molecule has 0 bridgehead atoms. The lowest BCUT2D eigenvalue weighted by atomic mass is 10.0. The van der Waals surface area contributed by atoms with Crippen LogP contribution >= 0.6 is 0 Å². The van der Waals surface area contributed by atoms with Crippen LogP contribution in [0.1, 0.15) is 29.6 Å². The van der Waals surface area contributed by atoms with Gasteiger partial charge in [0.1, 0.15) is 0 Å². The first-order valence-corrected chi connectivity index (χ1v) is 7.31. The molecule has 2 N–H and O–H groups in total. The summed E-state index contributed by atoms with van der Waals surface area (Å²) in [6, 6.07) is 7.96. The van der Waals surface area contributed by atoms with E-state index in [1.165, 1.54) is 12.8 Å². The highest BCUT2D eigenvalue weighted by Gasteiger charge is 2.41. The van der Waals surface area contributed by atoms with Crippen molar-refractivity contribution >= 4 is 16.8 Å². The second-order valence-electron chi connectivity index (χ2n) is 5.79. The fourth-order valence-corrected chi connectivity index (χ4v) is 3.18. The van der Waals surface area contributed by atoms with Crippen LogP contribution in [-0.4, -0.2) is 29.6 Å². The van der Waals surface area contributed by atoms with Gasteiger partial charge in [0, 0.05) is 18.2 Å². The lowest BCUT2D eigenvalue weighted by Crippen LogP contribution is -2.41. The smallest absolute Gasteiger partial charge is 0.253 e. The number of carbonyl (C=O) groups excluding carboxylic acids is 1. The molecule has 2 aromatic rings. The van der Waals surface area contributed by atoms with Crippen molar-refractivity contribution in [1.29, 1.82) is 0 Å². The fraction of sp³-hybridized carbons (Fsp3) is 0.438. The molecule has 4 nitrogen and oxygen atoms in total. The first kappa shape index (κ1) is 12.0. The molecule has 1 aromatic carbocycles. The van der Waals surface area contributed by atoms with Gasteiger partial charge in [0.05, 0.1) is 23.2 Å². The Labute approximate surface area is 117 Å². The van der Waals surface area contributed by atoms with Gasteiger partial charge in [-0.15, -0.1) is 0 Å². The maximum absolute atomic E-state index is 12.5. The third-order valence-electron chi connectivity index (χ3n) is 4.37. The second kappa shape index (κ2) is 4.63. The molecular weight excluding hydrogens is 252 g/mol. The van der Waals surface area contributed by atoms with Gasteiger partial charge in [-0.2, -0.15) is 0 Å². The van der Waals surface area contributed by atoms with Crippen molar-refractivity contribution in [2.24, 2.45) is 5.92 Å². The van der Waals surface area contributed by atoms with Crippen LogP contribution < -0.4 is 5.32 Å². The van der Waals surface area contributed by atoms with Gasteiger partial charge >= 0.3 is 0 Å². The van der Waals surface area contributed by atoms with E-state index in [0.29, 0.717) is 11.5 Å². The number of aromatic amines is 1. The zero-order chi connectivity index (χ0) is 13.5. The van der Waals surface area contributed by atoms with Crippen LogP contribution in [0.5, 0.6) is 0 Å². The van der Waals surface area contributed by atoms with Gasteiger partial charge in [-0.1, -0.05) is 12.1 Å². The number of aromatic nitrogens is 1. The Morgan fingerprint density at radius 3 is 3.00 bits per heavy atom. The van der Waals surface area contributed by atoms with Crippen LogP contribution in [-0.2, 0) is 4.74 Å². The molecule has 2 aliphatic rings. The van der Waals surface area contributed by atoms with Crippen molar-refractivity contribution in [2.45, 2.75) is 31.4 Å². The van der Waals surface area contributed by atoms with Gasteiger partial charge in [0.2, 0.25) is 0 Å². The van der Waals surface area contributed by atoms with Crippen LogP contribution in [0, 0.1) is 5.92 Å².